The van der Waals surface area contributed by atoms with Gasteiger partial charge >= 0.3 is 0 Å². The van der Waals surface area contributed by atoms with Gasteiger partial charge in [0.2, 0.25) is 5.91 Å². The molecule has 6 nitrogen and oxygen atoms in total. The molecule has 0 aromatic heterocycles. The largest absolute Gasteiger partial charge is 0.504 e. The lowest BCUT2D eigenvalue weighted by Crippen LogP contribution is -2.39. The lowest BCUT2D eigenvalue weighted by atomic mass is 9.89. The average molecular weight is 394 g/mol. The summed E-state index contributed by atoms with van der Waals surface area (Å²) in [5, 5.41) is 10.5. The van der Waals surface area contributed by atoms with Crippen molar-refractivity contribution in [2.24, 2.45) is 4.99 Å². The molecule has 1 N–H and O–H groups in total. The second kappa shape index (κ2) is 7.16. The SMILES string of the molecule is COc1cc([C@H]2C(C(C)=O)=C(c3ccccc3)N=C3SCC(=O)N32)ccc1O. The van der Waals surface area contributed by atoms with Gasteiger partial charge in [-0.15, -0.1) is 0 Å². The monoisotopic (exact) mass is 394 g/mol. The van der Waals surface area contributed by atoms with Gasteiger partial charge in [0.25, 0.3) is 0 Å². The predicted octanol–water partition coefficient (Wildman–Crippen LogP) is 3.39. The first-order valence-corrected chi connectivity index (χ1v) is 9.70. The number of carbonyl (C=O) groups is 2. The van der Waals surface area contributed by atoms with Crippen LogP contribution in [0.2, 0.25) is 0 Å². The van der Waals surface area contributed by atoms with E-state index in [4.69, 9.17) is 4.74 Å². The minimum atomic E-state index is -0.628. The summed E-state index contributed by atoms with van der Waals surface area (Å²) in [6, 6.07) is 13.7. The minimum Gasteiger partial charge on any atom is -0.504 e. The van der Waals surface area contributed by atoms with Gasteiger partial charge in [-0.3, -0.25) is 14.5 Å². The van der Waals surface area contributed by atoms with E-state index in [0.29, 0.717) is 22.0 Å². The van der Waals surface area contributed by atoms with E-state index in [1.165, 1.54) is 31.9 Å². The number of hydrogen-bond acceptors (Lipinski definition) is 6. The number of amides is 1. The van der Waals surface area contributed by atoms with Crippen LogP contribution in [0.5, 0.6) is 11.5 Å². The summed E-state index contributed by atoms with van der Waals surface area (Å²) in [5.41, 5.74) is 2.50. The molecule has 28 heavy (non-hydrogen) atoms. The van der Waals surface area contributed by atoms with Crippen LogP contribution in [0.25, 0.3) is 5.70 Å². The zero-order valence-electron chi connectivity index (χ0n) is 15.4. The fourth-order valence-corrected chi connectivity index (χ4v) is 4.38. The van der Waals surface area contributed by atoms with Crippen molar-refractivity contribution < 1.29 is 19.4 Å². The number of methoxy groups -OCH3 is 1. The van der Waals surface area contributed by atoms with E-state index in [-0.39, 0.29) is 28.9 Å². The molecule has 1 saturated heterocycles. The van der Waals surface area contributed by atoms with Gasteiger partial charge in [-0.2, -0.15) is 0 Å². The smallest absolute Gasteiger partial charge is 0.239 e. The molecule has 1 fully saturated rings. The van der Waals surface area contributed by atoms with Crippen LogP contribution >= 0.6 is 11.8 Å². The van der Waals surface area contributed by atoms with Crippen LogP contribution in [0.3, 0.4) is 0 Å². The van der Waals surface area contributed by atoms with Gasteiger partial charge in [0.15, 0.2) is 22.4 Å². The number of Topliss-reactive ketones (excluding diaryl/α,β-unsaturated/α-hetero) is 1. The first kappa shape index (κ1) is 18.3. The van der Waals surface area contributed by atoms with E-state index in [1.54, 1.807) is 17.0 Å². The number of amidine groups is 1. The van der Waals surface area contributed by atoms with E-state index >= 15 is 0 Å². The minimum absolute atomic E-state index is 0.00490. The molecule has 0 radical (unpaired) electrons. The number of nitrogens with zero attached hydrogens (tertiary/aromatic N) is 2. The number of phenolic OH excluding ortho intramolecular Hbond substituents is 1. The van der Waals surface area contributed by atoms with Crippen molar-refractivity contribution in [2.45, 2.75) is 13.0 Å². The highest BCUT2D eigenvalue weighted by molar-refractivity contribution is 8.15. The fraction of sp³-hybridized carbons (Fsp3) is 0.190. The summed E-state index contributed by atoms with van der Waals surface area (Å²) in [6.45, 7) is 1.48. The maximum Gasteiger partial charge on any atom is 0.239 e. The number of ether oxygens (including phenoxy) is 1. The quantitative estimate of drug-likeness (QED) is 0.860. The first-order valence-electron chi connectivity index (χ1n) is 8.72. The molecule has 0 unspecified atom stereocenters. The van der Waals surface area contributed by atoms with E-state index in [2.05, 4.69) is 4.99 Å². The number of phenols is 1. The van der Waals surface area contributed by atoms with E-state index < -0.39 is 6.04 Å². The van der Waals surface area contributed by atoms with Gasteiger partial charge in [0.05, 0.1) is 24.6 Å². The zero-order valence-corrected chi connectivity index (χ0v) is 16.2. The standard InChI is InChI=1S/C21H18N2O4S/c1-12(24)18-19(13-6-4-3-5-7-13)22-21-23(17(26)11-28-21)20(18)14-8-9-15(25)16(10-14)27-2/h3-10,20,25H,11H2,1-2H3/t20-/m0/s1. The molecule has 0 spiro atoms. The zero-order chi connectivity index (χ0) is 19.8. The Kier molecular flexibility index (Phi) is 4.68. The number of ketones is 1. The molecule has 2 aromatic rings. The molecule has 2 heterocycles. The third-order valence-electron chi connectivity index (χ3n) is 4.74. The molecule has 1 amide bonds. The van der Waals surface area contributed by atoms with Crippen molar-refractivity contribution in [1.82, 2.24) is 4.90 Å². The summed E-state index contributed by atoms with van der Waals surface area (Å²) in [6.07, 6.45) is 0. The number of aliphatic imine (C=N–C) groups is 1. The first-order chi connectivity index (χ1) is 13.5. The maximum atomic E-state index is 12.7. The summed E-state index contributed by atoms with van der Waals surface area (Å²) in [7, 11) is 1.46. The molecule has 142 valence electrons. The lowest BCUT2D eigenvalue weighted by molar-refractivity contribution is -0.125. The fourth-order valence-electron chi connectivity index (χ4n) is 3.48. The summed E-state index contributed by atoms with van der Waals surface area (Å²) in [4.78, 5) is 31.6. The van der Waals surface area contributed by atoms with Gasteiger partial charge in [-0.25, -0.2) is 4.99 Å². The second-order valence-electron chi connectivity index (χ2n) is 6.47. The Morgan fingerprint density at radius 3 is 2.68 bits per heavy atom. The van der Waals surface area contributed by atoms with Gasteiger partial charge < -0.3 is 9.84 Å². The summed E-state index contributed by atoms with van der Waals surface area (Å²) < 4.78 is 5.23. The van der Waals surface area contributed by atoms with Gasteiger partial charge in [0.1, 0.15) is 0 Å². The van der Waals surface area contributed by atoms with Crippen LogP contribution < -0.4 is 4.74 Å². The van der Waals surface area contributed by atoms with Gasteiger partial charge in [0, 0.05) is 11.1 Å². The highest BCUT2D eigenvalue weighted by Crippen LogP contribution is 2.45. The number of rotatable bonds is 4. The van der Waals surface area contributed by atoms with E-state index in [9.17, 15) is 14.7 Å². The molecule has 4 rings (SSSR count). The third-order valence-corrected chi connectivity index (χ3v) is 5.68. The third kappa shape index (κ3) is 2.97. The molecule has 0 saturated carbocycles. The van der Waals surface area contributed by atoms with Crippen molar-refractivity contribution >= 4 is 34.3 Å². The Balaban J connectivity index is 1.97. The molecule has 2 aliphatic heterocycles. The molecule has 1 atom stereocenters. The number of carbonyl (C=O) groups excluding carboxylic acids is 2. The molecule has 7 heteroatoms. The van der Waals surface area contributed by atoms with Crippen LogP contribution in [0.4, 0.5) is 0 Å². The second-order valence-corrected chi connectivity index (χ2v) is 7.41. The molecule has 0 aliphatic carbocycles. The topological polar surface area (TPSA) is 79.2 Å². The van der Waals surface area contributed by atoms with Crippen molar-refractivity contribution in [2.75, 3.05) is 12.9 Å². The predicted molar refractivity (Wildman–Crippen MR) is 108 cm³/mol. The van der Waals surface area contributed by atoms with E-state index in [0.717, 1.165) is 5.56 Å². The molecular weight excluding hydrogens is 376 g/mol. The number of thioether (sulfide) groups is 1. The number of hydrogen-bond donors (Lipinski definition) is 1. The Morgan fingerprint density at radius 2 is 2.00 bits per heavy atom. The molecule has 0 bridgehead atoms. The summed E-state index contributed by atoms with van der Waals surface area (Å²) in [5.74, 6) is 0.285. The number of aromatic hydroxyl groups is 1. The van der Waals surface area contributed by atoms with Crippen LogP contribution in [-0.2, 0) is 9.59 Å². The van der Waals surface area contributed by atoms with Gasteiger partial charge in [-0.05, 0) is 24.6 Å². The van der Waals surface area contributed by atoms with Crippen molar-refractivity contribution in [3.63, 3.8) is 0 Å². The normalized spacial score (nSPS) is 18.8. The van der Waals surface area contributed by atoms with Gasteiger partial charge in [-0.1, -0.05) is 48.2 Å². The highest BCUT2D eigenvalue weighted by atomic mass is 32.2. The highest BCUT2D eigenvalue weighted by Gasteiger charge is 2.43. The average Bonchev–Trinajstić information content (AvgIpc) is 3.08. The van der Waals surface area contributed by atoms with E-state index in [1.807, 2.05) is 30.3 Å². The molecule has 2 aliphatic rings. The van der Waals surface area contributed by atoms with Crippen molar-refractivity contribution in [1.29, 1.82) is 0 Å². The number of benzene rings is 2. The Bertz CT molecular complexity index is 1030. The molecular formula is C21H18N2O4S. The van der Waals surface area contributed by atoms with Crippen LogP contribution in [0.1, 0.15) is 24.1 Å². The summed E-state index contributed by atoms with van der Waals surface area (Å²) >= 11 is 1.36. The maximum absolute atomic E-state index is 12.7. The Labute approximate surface area is 166 Å². The van der Waals surface area contributed by atoms with Crippen LogP contribution in [0.15, 0.2) is 59.1 Å². The molecule has 2 aromatic carbocycles. The Hall–Kier alpha value is -3.06. The van der Waals surface area contributed by atoms with Crippen molar-refractivity contribution in [3.05, 3.63) is 65.2 Å². The van der Waals surface area contributed by atoms with Crippen molar-refractivity contribution in [3.8, 4) is 11.5 Å². The van der Waals surface area contributed by atoms with Crippen LogP contribution in [0, 0.1) is 0 Å². The number of fused-ring (bicyclic) bond motifs is 1. The lowest BCUT2D eigenvalue weighted by Gasteiger charge is -2.34. The van der Waals surface area contributed by atoms with Crippen LogP contribution in [-0.4, -0.2) is 39.7 Å². The Morgan fingerprint density at radius 1 is 1.25 bits per heavy atom.